The Kier molecular flexibility index (Phi) is 5.69. The smallest absolute Gasteiger partial charge is 0.227 e. The molecule has 2 aromatic heterocycles. The topological polar surface area (TPSA) is 33.5 Å². The number of hydrogen-bond acceptors (Lipinski definition) is 3. The summed E-state index contributed by atoms with van der Waals surface area (Å²) in [6.45, 7) is 1.06. The van der Waals surface area contributed by atoms with Gasteiger partial charge < -0.3 is 9.32 Å². The molecule has 0 atom stereocenters. The maximum absolute atomic E-state index is 13.0. The molecule has 4 aromatic rings. The average molecular weight is 388 g/mol. The van der Waals surface area contributed by atoms with Crippen molar-refractivity contribution in [3.8, 4) is 11.1 Å². The number of carbonyl (C=O) groups excluding carboxylic acids is 1. The van der Waals surface area contributed by atoms with Crippen LogP contribution in [0.3, 0.4) is 0 Å². The third-order valence-electron chi connectivity index (χ3n) is 4.65. The zero-order chi connectivity index (χ0) is 19.2. The fourth-order valence-corrected chi connectivity index (χ4v) is 3.82. The van der Waals surface area contributed by atoms with Crippen LogP contribution < -0.4 is 0 Å². The van der Waals surface area contributed by atoms with Crippen LogP contribution >= 0.6 is 11.3 Å². The second kappa shape index (κ2) is 8.72. The molecule has 0 N–H and O–H groups in total. The van der Waals surface area contributed by atoms with Crippen LogP contribution in [0.4, 0.5) is 0 Å². The van der Waals surface area contributed by atoms with Gasteiger partial charge in [0.15, 0.2) is 0 Å². The minimum atomic E-state index is 0.0926. The minimum absolute atomic E-state index is 0.0926. The number of carbonyl (C=O) groups is 1. The van der Waals surface area contributed by atoms with Crippen LogP contribution in [-0.2, 0) is 24.3 Å². The standard InChI is InChI=1S/C24H21NO2S/c26-24(15-19-8-10-22(11-9-19)21-5-2-1-3-6-21)25(16-20-12-14-28-18-20)17-23-7-4-13-27-23/h1-14,18H,15-17H2. The monoisotopic (exact) mass is 387 g/mol. The van der Waals surface area contributed by atoms with Gasteiger partial charge in [-0.1, -0.05) is 54.6 Å². The Balaban J connectivity index is 1.47. The van der Waals surface area contributed by atoms with Crippen LogP contribution in [0.5, 0.6) is 0 Å². The summed E-state index contributed by atoms with van der Waals surface area (Å²) in [6, 6.07) is 24.3. The summed E-state index contributed by atoms with van der Waals surface area (Å²) in [5, 5.41) is 4.12. The summed E-state index contributed by atoms with van der Waals surface area (Å²) in [5.74, 6) is 0.887. The van der Waals surface area contributed by atoms with E-state index in [1.165, 1.54) is 5.56 Å². The maximum Gasteiger partial charge on any atom is 0.227 e. The highest BCUT2D eigenvalue weighted by atomic mass is 32.1. The molecule has 4 heteroatoms. The lowest BCUT2D eigenvalue weighted by Crippen LogP contribution is -2.31. The number of nitrogens with zero attached hydrogens (tertiary/aromatic N) is 1. The molecule has 0 fully saturated rings. The molecule has 0 saturated heterocycles. The molecule has 0 aliphatic carbocycles. The highest BCUT2D eigenvalue weighted by Gasteiger charge is 2.17. The molecule has 28 heavy (non-hydrogen) atoms. The van der Waals surface area contributed by atoms with Gasteiger partial charge in [0.1, 0.15) is 5.76 Å². The van der Waals surface area contributed by atoms with Gasteiger partial charge in [0.25, 0.3) is 0 Å². The van der Waals surface area contributed by atoms with Gasteiger partial charge in [0.05, 0.1) is 19.2 Å². The largest absolute Gasteiger partial charge is 0.467 e. The Morgan fingerprint density at radius 3 is 2.29 bits per heavy atom. The Bertz CT molecular complexity index is 954. The fraction of sp³-hybridized carbons (Fsp3) is 0.125. The van der Waals surface area contributed by atoms with E-state index >= 15 is 0 Å². The fourth-order valence-electron chi connectivity index (χ4n) is 3.16. The lowest BCUT2D eigenvalue weighted by atomic mass is 10.0. The van der Waals surface area contributed by atoms with E-state index in [-0.39, 0.29) is 5.91 Å². The van der Waals surface area contributed by atoms with E-state index in [9.17, 15) is 4.79 Å². The Labute approximate surface area is 168 Å². The molecule has 0 aliphatic rings. The second-order valence-corrected chi connectivity index (χ2v) is 7.48. The highest BCUT2D eigenvalue weighted by Crippen LogP contribution is 2.20. The lowest BCUT2D eigenvalue weighted by molar-refractivity contribution is -0.132. The van der Waals surface area contributed by atoms with E-state index in [0.717, 1.165) is 22.5 Å². The van der Waals surface area contributed by atoms with Crippen molar-refractivity contribution in [1.82, 2.24) is 4.90 Å². The van der Waals surface area contributed by atoms with Crippen molar-refractivity contribution in [3.05, 3.63) is 107 Å². The SMILES string of the molecule is O=C(Cc1ccc(-c2ccccc2)cc1)N(Cc1ccsc1)Cc1ccco1. The second-order valence-electron chi connectivity index (χ2n) is 6.70. The zero-order valence-corrected chi connectivity index (χ0v) is 16.3. The van der Waals surface area contributed by atoms with E-state index in [0.29, 0.717) is 19.5 Å². The molecule has 2 aromatic carbocycles. The molecule has 4 rings (SSSR count). The van der Waals surface area contributed by atoms with Crippen molar-refractivity contribution in [2.24, 2.45) is 0 Å². The van der Waals surface area contributed by atoms with Gasteiger partial charge in [-0.3, -0.25) is 4.79 Å². The van der Waals surface area contributed by atoms with Crippen molar-refractivity contribution in [1.29, 1.82) is 0 Å². The van der Waals surface area contributed by atoms with E-state index < -0.39 is 0 Å². The van der Waals surface area contributed by atoms with Crippen molar-refractivity contribution < 1.29 is 9.21 Å². The Hall–Kier alpha value is -3.11. The lowest BCUT2D eigenvalue weighted by Gasteiger charge is -2.21. The minimum Gasteiger partial charge on any atom is -0.467 e. The third kappa shape index (κ3) is 4.59. The maximum atomic E-state index is 13.0. The van der Waals surface area contributed by atoms with E-state index in [4.69, 9.17) is 4.42 Å². The highest BCUT2D eigenvalue weighted by molar-refractivity contribution is 7.07. The van der Waals surface area contributed by atoms with Gasteiger partial charge in [-0.25, -0.2) is 0 Å². The van der Waals surface area contributed by atoms with E-state index in [1.54, 1.807) is 17.6 Å². The van der Waals surface area contributed by atoms with Crippen LogP contribution in [0.25, 0.3) is 11.1 Å². The van der Waals surface area contributed by atoms with E-state index in [1.807, 2.05) is 52.7 Å². The van der Waals surface area contributed by atoms with Gasteiger partial charge in [0.2, 0.25) is 5.91 Å². The third-order valence-corrected chi connectivity index (χ3v) is 5.38. The summed E-state index contributed by atoms with van der Waals surface area (Å²) >= 11 is 1.64. The van der Waals surface area contributed by atoms with Crippen molar-refractivity contribution in [3.63, 3.8) is 0 Å². The van der Waals surface area contributed by atoms with Gasteiger partial charge in [0, 0.05) is 6.54 Å². The van der Waals surface area contributed by atoms with Crippen LogP contribution in [0.15, 0.2) is 94.2 Å². The molecule has 0 unspecified atom stereocenters. The summed E-state index contributed by atoms with van der Waals surface area (Å²) in [6.07, 6.45) is 2.02. The van der Waals surface area contributed by atoms with Crippen LogP contribution in [0.1, 0.15) is 16.9 Å². The molecule has 0 saturated carbocycles. The van der Waals surface area contributed by atoms with Crippen LogP contribution in [0, 0.1) is 0 Å². The Morgan fingerprint density at radius 1 is 0.821 bits per heavy atom. The molecule has 0 radical (unpaired) electrons. The molecule has 140 valence electrons. The van der Waals surface area contributed by atoms with Crippen molar-refractivity contribution >= 4 is 17.2 Å². The Morgan fingerprint density at radius 2 is 1.61 bits per heavy atom. The molecule has 0 bridgehead atoms. The summed E-state index contributed by atoms with van der Waals surface area (Å²) < 4.78 is 5.46. The molecule has 0 spiro atoms. The number of amides is 1. The van der Waals surface area contributed by atoms with Gasteiger partial charge in [-0.2, -0.15) is 11.3 Å². The first-order valence-electron chi connectivity index (χ1n) is 9.23. The zero-order valence-electron chi connectivity index (χ0n) is 15.5. The summed E-state index contributed by atoms with van der Waals surface area (Å²) in [7, 11) is 0. The quantitative estimate of drug-likeness (QED) is 0.403. The van der Waals surface area contributed by atoms with Gasteiger partial charge in [-0.15, -0.1) is 0 Å². The first kappa shape index (κ1) is 18.3. The molecular formula is C24H21NO2S. The molecule has 1 amide bonds. The normalized spacial score (nSPS) is 10.7. The average Bonchev–Trinajstić information content (AvgIpc) is 3.43. The predicted octanol–water partition coefficient (Wildman–Crippen LogP) is 5.78. The van der Waals surface area contributed by atoms with E-state index in [2.05, 4.69) is 35.7 Å². The van der Waals surface area contributed by atoms with Crippen molar-refractivity contribution in [2.45, 2.75) is 19.5 Å². The molecule has 3 nitrogen and oxygen atoms in total. The predicted molar refractivity (Wildman–Crippen MR) is 113 cm³/mol. The first-order valence-corrected chi connectivity index (χ1v) is 10.2. The number of thiophene rings is 1. The summed E-state index contributed by atoms with van der Waals surface area (Å²) in [5.41, 5.74) is 4.49. The summed E-state index contributed by atoms with van der Waals surface area (Å²) in [4.78, 5) is 14.9. The van der Waals surface area contributed by atoms with Gasteiger partial charge >= 0.3 is 0 Å². The molecule has 2 heterocycles. The van der Waals surface area contributed by atoms with Crippen LogP contribution in [-0.4, -0.2) is 10.8 Å². The van der Waals surface area contributed by atoms with Gasteiger partial charge in [-0.05, 0) is 51.2 Å². The molecule has 0 aliphatic heterocycles. The molecular weight excluding hydrogens is 366 g/mol. The van der Waals surface area contributed by atoms with Crippen molar-refractivity contribution in [2.75, 3.05) is 0 Å². The number of rotatable bonds is 7. The number of furan rings is 1. The van der Waals surface area contributed by atoms with Crippen LogP contribution in [0.2, 0.25) is 0 Å². The number of benzene rings is 2. The number of hydrogen-bond donors (Lipinski definition) is 0. The first-order chi connectivity index (χ1) is 13.8.